The van der Waals surface area contributed by atoms with Gasteiger partial charge in [-0.2, -0.15) is 5.10 Å². The topological polar surface area (TPSA) is 85.2 Å². The highest BCUT2D eigenvalue weighted by molar-refractivity contribution is 9.10. The van der Waals surface area contributed by atoms with Crippen molar-refractivity contribution in [2.75, 3.05) is 11.9 Å². The summed E-state index contributed by atoms with van der Waals surface area (Å²) in [6.07, 6.45) is 4.47. The van der Waals surface area contributed by atoms with E-state index in [-0.39, 0.29) is 16.8 Å². The summed E-state index contributed by atoms with van der Waals surface area (Å²) < 4.78 is 7.35. The van der Waals surface area contributed by atoms with Crippen LogP contribution in [0.25, 0.3) is 0 Å². The number of aryl methyl sites for hydroxylation is 1. The number of esters is 1. The second kappa shape index (κ2) is 8.71. The van der Waals surface area contributed by atoms with Crippen molar-refractivity contribution in [2.45, 2.75) is 33.1 Å². The van der Waals surface area contributed by atoms with Crippen LogP contribution in [0, 0.1) is 5.92 Å². The average Bonchev–Trinajstić information content (AvgIpc) is 3.13. The number of nitrogens with one attached hydrogen (secondary N) is 2. The number of hydrogen-bond acceptors (Lipinski definition) is 6. The molecule has 1 aliphatic carbocycles. The number of anilines is 1. The summed E-state index contributed by atoms with van der Waals surface area (Å²) >= 11 is 10.1. The first-order valence-corrected chi connectivity index (χ1v) is 10.9. The molecular weight excluding hydrogens is 464 g/mol. The van der Waals surface area contributed by atoms with Gasteiger partial charge in [0.25, 0.3) is 5.91 Å². The van der Waals surface area contributed by atoms with E-state index in [2.05, 4.69) is 38.6 Å². The van der Waals surface area contributed by atoms with E-state index in [0.29, 0.717) is 27.6 Å². The third-order valence-electron chi connectivity index (χ3n) is 4.44. The molecule has 3 rings (SSSR count). The van der Waals surface area contributed by atoms with Crippen LogP contribution in [0.2, 0.25) is 0 Å². The molecule has 2 aromatic rings. The van der Waals surface area contributed by atoms with Crippen molar-refractivity contribution in [1.82, 2.24) is 15.1 Å². The van der Waals surface area contributed by atoms with Crippen molar-refractivity contribution in [1.29, 1.82) is 0 Å². The largest absolute Gasteiger partial charge is 0.462 e. The highest BCUT2D eigenvalue weighted by atomic mass is 79.9. The lowest BCUT2D eigenvalue weighted by Gasteiger charge is -2.18. The molecule has 0 radical (unpaired) electrons. The minimum atomic E-state index is -0.433. The van der Waals surface area contributed by atoms with Gasteiger partial charge < -0.3 is 10.1 Å². The molecule has 28 heavy (non-hydrogen) atoms. The summed E-state index contributed by atoms with van der Waals surface area (Å²) in [5.41, 5.74) is 1.80. The molecule has 7 nitrogen and oxygen atoms in total. The van der Waals surface area contributed by atoms with Gasteiger partial charge in [-0.1, -0.05) is 6.92 Å². The number of thiophene rings is 1. The normalized spacial score (nSPS) is 15.6. The van der Waals surface area contributed by atoms with Gasteiger partial charge in [-0.3, -0.25) is 14.8 Å². The molecule has 1 atom stereocenters. The van der Waals surface area contributed by atoms with Crippen molar-refractivity contribution < 1.29 is 14.3 Å². The SMILES string of the molecule is CCOC(=O)c1c(NC(=S)NC(=O)c2nn(C)cc2Br)sc2c1CCC(C)C2. The first-order chi connectivity index (χ1) is 13.3. The molecule has 0 aromatic carbocycles. The van der Waals surface area contributed by atoms with Crippen LogP contribution in [-0.4, -0.2) is 33.4 Å². The van der Waals surface area contributed by atoms with Crippen LogP contribution in [0.3, 0.4) is 0 Å². The van der Waals surface area contributed by atoms with E-state index in [1.165, 1.54) is 20.9 Å². The summed E-state index contributed by atoms with van der Waals surface area (Å²) in [6, 6.07) is 0. The molecule has 2 aromatic heterocycles. The van der Waals surface area contributed by atoms with E-state index in [1.54, 1.807) is 20.2 Å². The van der Waals surface area contributed by atoms with Gasteiger partial charge in [-0.15, -0.1) is 11.3 Å². The number of carbonyl (C=O) groups is 2. The Kier molecular flexibility index (Phi) is 6.51. The Hall–Kier alpha value is -1.78. The van der Waals surface area contributed by atoms with E-state index in [0.717, 1.165) is 24.8 Å². The number of fused-ring (bicyclic) bond motifs is 1. The zero-order valence-corrected chi connectivity index (χ0v) is 19.0. The number of halogens is 1. The highest BCUT2D eigenvalue weighted by Gasteiger charge is 2.29. The molecule has 0 aliphatic heterocycles. The standard InChI is InChI=1S/C18H21BrN4O3S2/c1-4-26-17(25)13-10-6-5-9(2)7-12(10)28-16(13)21-18(27)20-15(24)14-11(19)8-23(3)22-14/h8-9H,4-7H2,1-3H3,(H2,20,21,24,27). The fourth-order valence-electron chi connectivity index (χ4n) is 3.17. The van der Waals surface area contributed by atoms with Crippen molar-refractivity contribution in [2.24, 2.45) is 13.0 Å². The molecule has 0 saturated carbocycles. The van der Waals surface area contributed by atoms with Crippen molar-refractivity contribution in [3.8, 4) is 0 Å². The average molecular weight is 485 g/mol. The minimum absolute atomic E-state index is 0.111. The number of amides is 1. The first-order valence-electron chi connectivity index (χ1n) is 8.93. The molecular formula is C18H21BrN4O3S2. The van der Waals surface area contributed by atoms with Crippen molar-refractivity contribution in [3.05, 3.63) is 32.4 Å². The van der Waals surface area contributed by atoms with Crippen LogP contribution in [0.1, 0.15) is 51.6 Å². The number of ether oxygens (including phenoxy) is 1. The van der Waals surface area contributed by atoms with Crippen LogP contribution >= 0.6 is 39.5 Å². The molecule has 1 aliphatic rings. The number of thiocarbonyl (C=S) groups is 1. The molecule has 2 N–H and O–H groups in total. The van der Waals surface area contributed by atoms with E-state index in [1.807, 2.05) is 0 Å². The predicted molar refractivity (Wildman–Crippen MR) is 116 cm³/mol. The molecule has 0 fully saturated rings. The zero-order chi connectivity index (χ0) is 20.4. The third-order valence-corrected chi connectivity index (χ3v) is 6.40. The van der Waals surface area contributed by atoms with Gasteiger partial charge in [-0.25, -0.2) is 4.79 Å². The van der Waals surface area contributed by atoms with Gasteiger partial charge in [0.15, 0.2) is 10.8 Å². The van der Waals surface area contributed by atoms with Gasteiger partial charge >= 0.3 is 5.97 Å². The second-order valence-electron chi connectivity index (χ2n) is 6.68. The number of nitrogens with zero attached hydrogens (tertiary/aromatic N) is 2. The van der Waals surface area contributed by atoms with E-state index in [9.17, 15) is 9.59 Å². The molecule has 1 amide bonds. The van der Waals surface area contributed by atoms with Gasteiger partial charge in [0.1, 0.15) is 5.00 Å². The Bertz CT molecular complexity index is 938. The molecule has 2 heterocycles. The van der Waals surface area contributed by atoms with Crippen LogP contribution < -0.4 is 10.6 Å². The van der Waals surface area contributed by atoms with Gasteiger partial charge in [0.2, 0.25) is 0 Å². The van der Waals surface area contributed by atoms with Gasteiger partial charge in [0.05, 0.1) is 16.6 Å². The molecule has 0 spiro atoms. The Morgan fingerprint density at radius 2 is 2.25 bits per heavy atom. The fourth-order valence-corrected chi connectivity index (χ4v) is 5.39. The van der Waals surface area contributed by atoms with Gasteiger partial charge in [-0.05, 0) is 65.8 Å². The van der Waals surface area contributed by atoms with Crippen LogP contribution in [0.15, 0.2) is 10.7 Å². The molecule has 1 unspecified atom stereocenters. The minimum Gasteiger partial charge on any atom is -0.462 e. The predicted octanol–water partition coefficient (Wildman–Crippen LogP) is 3.67. The number of aromatic nitrogens is 2. The lowest BCUT2D eigenvalue weighted by molar-refractivity contribution is 0.0526. The number of carbonyl (C=O) groups excluding carboxylic acids is 2. The van der Waals surface area contributed by atoms with Crippen LogP contribution in [0.4, 0.5) is 5.00 Å². The smallest absolute Gasteiger partial charge is 0.341 e. The number of hydrogen-bond donors (Lipinski definition) is 2. The van der Waals surface area contributed by atoms with Gasteiger partial charge in [0, 0.05) is 18.1 Å². The molecule has 10 heteroatoms. The highest BCUT2D eigenvalue weighted by Crippen LogP contribution is 2.40. The zero-order valence-electron chi connectivity index (χ0n) is 15.8. The van der Waals surface area contributed by atoms with Crippen LogP contribution in [-0.2, 0) is 24.6 Å². The monoisotopic (exact) mass is 484 g/mol. The molecule has 0 bridgehead atoms. The maximum absolute atomic E-state index is 12.5. The summed E-state index contributed by atoms with van der Waals surface area (Å²) in [5.74, 6) is -0.224. The lowest BCUT2D eigenvalue weighted by atomic mass is 9.88. The Morgan fingerprint density at radius 3 is 2.89 bits per heavy atom. The van der Waals surface area contributed by atoms with E-state index >= 15 is 0 Å². The van der Waals surface area contributed by atoms with E-state index in [4.69, 9.17) is 17.0 Å². The Labute approximate surface area is 181 Å². The summed E-state index contributed by atoms with van der Waals surface area (Å²) in [6.45, 7) is 4.28. The Balaban J connectivity index is 1.81. The summed E-state index contributed by atoms with van der Waals surface area (Å²) in [4.78, 5) is 26.1. The van der Waals surface area contributed by atoms with Crippen LogP contribution in [0.5, 0.6) is 0 Å². The summed E-state index contributed by atoms with van der Waals surface area (Å²) in [5, 5.41) is 10.5. The van der Waals surface area contributed by atoms with E-state index < -0.39 is 5.91 Å². The quantitative estimate of drug-likeness (QED) is 0.508. The maximum Gasteiger partial charge on any atom is 0.341 e. The maximum atomic E-state index is 12.5. The van der Waals surface area contributed by atoms with Crippen molar-refractivity contribution in [3.63, 3.8) is 0 Å². The fraction of sp³-hybridized carbons (Fsp3) is 0.444. The van der Waals surface area contributed by atoms with Crippen molar-refractivity contribution >= 4 is 61.5 Å². The molecule has 150 valence electrons. The first kappa shape index (κ1) is 20.9. The molecule has 0 saturated heterocycles. The second-order valence-corrected chi connectivity index (χ2v) is 9.05. The third kappa shape index (κ3) is 4.44. The Morgan fingerprint density at radius 1 is 1.50 bits per heavy atom. The summed E-state index contributed by atoms with van der Waals surface area (Å²) in [7, 11) is 1.72. The lowest BCUT2D eigenvalue weighted by Crippen LogP contribution is -2.34. The number of rotatable bonds is 4.